The second kappa shape index (κ2) is 10.8. The molecule has 0 aliphatic carbocycles. The first-order chi connectivity index (χ1) is 4.68. The Kier molecular flexibility index (Phi) is 12.6. The molecule has 58 valence electrons. The molecule has 0 aromatic heterocycles. The smallest absolute Gasteiger partial charge is 0.327 e. The molecule has 3 nitrogen and oxygen atoms in total. The molecular formula is C7H12O3. The molecule has 1 N–H and O–H groups in total. The van der Waals surface area contributed by atoms with Crippen molar-refractivity contribution in [2.45, 2.75) is 19.8 Å². The van der Waals surface area contributed by atoms with E-state index in [4.69, 9.17) is 5.11 Å². The van der Waals surface area contributed by atoms with Gasteiger partial charge in [-0.05, 0) is 6.42 Å². The van der Waals surface area contributed by atoms with Crippen molar-refractivity contribution < 1.29 is 14.7 Å². The number of carbonyl (C=O) groups is 2. The summed E-state index contributed by atoms with van der Waals surface area (Å²) in [6.07, 6.45) is 3.45. The summed E-state index contributed by atoms with van der Waals surface area (Å²) < 4.78 is 0. The highest BCUT2D eigenvalue weighted by atomic mass is 16.4. The first kappa shape index (κ1) is 11.6. The molecule has 3 heteroatoms. The molecule has 0 bridgehead atoms. The monoisotopic (exact) mass is 144 g/mol. The first-order valence-electron chi connectivity index (χ1n) is 2.98. The highest BCUT2D eigenvalue weighted by Gasteiger charge is 1.73. The molecule has 10 heavy (non-hydrogen) atoms. The lowest BCUT2D eigenvalue weighted by atomic mass is 10.4. The van der Waals surface area contributed by atoms with E-state index in [1.165, 1.54) is 0 Å². The molecule has 0 amide bonds. The van der Waals surface area contributed by atoms with E-state index >= 15 is 0 Å². The summed E-state index contributed by atoms with van der Waals surface area (Å²) in [6.45, 7) is 4.94. The normalized spacial score (nSPS) is 6.90. The minimum absolute atomic E-state index is 0.708. The van der Waals surface area contributed by atoms with Crippen LogP contribution in [0, 0.1) is 0 Å². The Balaban J connectivity index is 0. The second-order valence-electron chi connectivity index (χ2n) is 1.50. The minimum atomic E-state index is -0.981. The van der Waals surface area contributed by atoms with E-state index in [0.29, 0.717) is 6.42 Å². The maximum atomic E-state index is 9.40. The first-order valence-corrected chi connectivity index (χ1v) is 2.98. The maximum absolute atomic E-state index is 9.40. The summed E-state index contributed by atoms with van der Waals surface area (Å²) in [5, 5.41) is 7.60. The number of aliphatic carboxylic acids is 1. The van der Waals surface area contributed by atoms with Crippen LogP contribution in [0.4, 0.5) is 0 Å². The maximum Gasteiger partial charge on any atom is 0.327 e. The van der Waals surface area contributed by atoms with Crippen molar-refractivity contribution in [1.82, 2.24) is 0 Å². The summed E-state index contributed by atoms with van der Waals surface area (Å²) in [6, 6.07) is 0. The van der Waals surface area contributed by atoms with E-state index in [9.17, 15) is 9.59 Å². The Morgan fingerprint density at radius 2 is 2.10 bits per heavy atom. The Morgan fingerprint density at radius 3 is 2.10 bits per heavy atom. The number of hydrogen-bond donors (Lipinski definition) is 1. The number of hydrogen-bond acceptors (Lipinski definition) is 2. The lowest BCUT2D eigenvalue weighted by Gasteiger charge is -1.68. The Morgan fingerprint density at radius 1 is 1.70 bits per heavy atom. The van der Waals surface area contributed by atoms with Crippen LogP contribution in [0.2, 0.25) is 0 Å². The van der Waals surface area contributed by atoms with Gasteiger partial charge in [0.25, 0.3) is 0 Å². The zero-order chi connectivity index (χ0) is 8.41. The largest absolute Gasteiger partial charge is 0.478 e. The molecule has 0 radical (unpaired) electrons. The molecule has 0 saturated heterocycles. The van der Waals surface area contributed by atoms with Crippen molar-refractivity contribution in [2.24, 2.45) is 0 Å². The molecule has 0 fully saturated rings. The molecule has 0 atom stereocenters. The Labute approximate surface area is 60.4 Å². The van der Waals surface area contributed by atoms with E-state index < -0.39 is 5.97 Å². The van der Waals surface area contributed by atoms with Crippen LogP contribution in [-0.2, 0) is 9.59 Å². The van der Waals surface area contributed by atoms with Gasteiger partial charge < -0.3 is 9.90 Å². The van der Waals surface area contributed by atoms with E-state index in [1.807, 2.05) is 6.92 Å². The minimum Gasteiger partial charge on any atom is -0.478 e. The van der Waals surface area contributed by atoms with Crippen molar-refractivity contribution >= 4 is 12.3 Å². The van der Waals surface area contributed by atoms with Crippen molar-refractivity contribution in [2.75, 3.05) is 0 Å². The third-order valence-electron chi connectivity index (χ3n) is 0.581. The van der Waals surface area contributed by atoms with Gasteiger partial charge in [0.05, 0.1) is 0 Å². The number of carbonyl (C=O) groups excluding carboxylic acids is 1. The Bertz CT molecular complexity index is 107. The van der Waals surface area contributed by atoms with Crippen molar-refractivity contribution in [1.29, 1.82) is 0 Å². The summed E-state index contributed by atoms with van der Waals surface area (Å²) in [5.41, 5.74) is 0. The van der Waals surface area contributed by atoms with Crippen molar-refractivity contribution in [3.05, 3.63) is 12.7 Å². The number of aldehydes is 1. The molecule has 0 saturated carbocycles. The fourth-order valence-electron chi connectivity index (χ4n) is 0.118. The van der Waals surface area contributed by atoms with Crippen LogP contribution in [0.15, 0.2) is 12.7 Å². The van der Waals surface area contributed by atoms with Crippen LogP contribution >= 0.6 is 0 Å². The lowest BCUT2D eigenvalue weighted by molar-refractivity contribution is -0.131. The highest BCUT2D eigenvalue weighted by Crippen LogP contribution is 1.74. The van der Waals surface area contributed by atoms with Gasteiger partial charge in [-0.3, -0.25) is 0 Å². The van der Waals surface area contributed by atoms with E-state index in [0.717, 1.165) is 18.8 Å². The quantitative estimate of drug-likeness (QED) is 0.479. The number of carboxylic acids is 1. The zero-order valence-corrected chi connectivity index (χ0v) is 6.04. The van der Waals surface area contributed by atoms with Gasteiger partial charge in [-0.25, -0.2) is 4.79 Å². The summed E-state index contributed by atoms with van der Waals surface area (Å²) in [5.74, 6) is -0.981. The van der Waals surface area contributed by atoms with Gasteiger partial charge in [0.2, 0.25) is 0 Å². The molecule has 0 aliphatic rings. The van der Waals surface area contributed by atoms with Crippen LogP contribution < -0.4 is 0 Å². The van der Waals surface area contributed by atoms with Crippen LogP contribution in [0.3, 0.4) is 0 Å². The third-order valence-corrected chi connectivity index (χ3v) is 0.581. The lowest BCUT2D eigenvalue weighted by Crippen LogP contribution is -1.82. The summed E-state index contributed by atoms with van der Waals surface area (Å²) >= 11 is 0. The Hall–Kier alpha value is -1.12. The van der Waals surface area contributed by atoms with Gasteiger partial charge in [-0.1, -0.05) is 13.5 Å². The standard InChI is InChI=1S/C4H8O.C3H4O2/c1-2-3-4-5;1-2-3(4)5/h4H,2-3H2,1H3;2H,1H2,(H,4,5). The average Bonchev–Trinajstić information content (AvgIpc) is 1.91. The van der Waals surface area contributed by atoms with Gasteiger partial charge in [0.1, 0.15) is 6.29 Å². The third kappa shape index (κ3) is 28.7. The van der Waals surface area contributed by atoms with Gasteiger partial charge in [0.15, 0.2) is 0 Å². The topological polar surface area (TPSA) is 54.4 Å². The van der Waals surface area contributed by atoms with Gasteiger partial charge >= 0.3 is 5.97 Å². The van der Waals surface area contributed by atoms with Crippen molar-refractivity contribution in [3.8, 4) is 0 Å². The van der Waals surface area contributed by atoms with Crippen molar-refractivity contribution in [3.63, 3.8) is 0 Å². The molecule has 0 aliphatic heterocycles. The average molecular weight is 144 g/mol. The predicted molar refractivity (Wildman–Crippen MR) is 38.8 cm³/mol. The number of unbranched alkanes of at least 4 members (excludes halogenated alkanes) is 1. The van der Waals surface area contributed by atoms with Gasteiger partial charge in [-0.15, -0.1) is 0 Å². The zero-order valence-electron chi connectivity index (χ0n) is 6.04. The molecule has 0 rings (SSSR count). The van der Waals surface area contributed by atoms with E-state index in [2.05, 4.69) is 6.58 Å². The molecule has 0 spiro atoms. The summed E-state index contributed by atoms with van der Waals surface area (Å²) in [4.78, 5) is 18.7. The van der Waals surface area contributed by atoms with E-state index in [1.54, 1.807) is 0 Å². The number of rotatable bonds is 3. The second-order valence-corrected chi connectivity index (χ2v) is 1.50. The molecule has 0 heterocycles. The summed E-state index contributed by atoms with van der Waals surface area (Å²) in [7, 11) is 0. The van der Waals surface area contributed by atoms with Crippen LogP contribution in [0.25, 0.3) is 0 Å². The van der Waals surface area contributed by atoms with Crippen LogP contribution in [0.5, 0.6) is 0 Å². The highest BCUT2D eigenvalue weighted by molar-refractivity contribution is 5.78. The molecule has 0 aromatic rings. The molecule has 0 unspecified atom stereocenters. The molecular weight excluding hydrogens is 132 g/mol. The van der Waals surface area contributed by atoms with Gasteiger partial charge in [0, 0.05) is 12.5 Å². The fraction of sp³-hybridized carbons (Fsp3) is 0.429. The van der Waals surface area contributed by atoms with Crippen LogP contribution in [0.1, 0.15) is 19.8 Å². The molecule has 0 aromatic carbocycles. The van der Waals surface area contributed by atoms with Gasteiger partial charge in [-0.2, -0.15) is 0 Å². The number of carboxylic acid groups (broad SMARTS) is 1. The fourth-order valence-corrected chi connectivity index (χ4v) is 0.118. The SMILES string of the molecule is C=CC(=O)O.CCCC=O. The van der Waals surface area contributed by atoms with E-state index in [-0.39, 0.29) is 0 Å². The van der Waals surface area contributed by atoms with Crippen LogP contribution in [-0.4, -0.2) is 17.4 Å². The predicted octanol–water partition coefficient (Wildman–Crippen LogP) is 1.24.